The van der Waals surface area contributed by atoms with Crippen LogP contribution in [0.15, 0.2) is 50.5 Å². The molecule has 1 aromatic carbocycles. The number of aryl methyl sites for hydroxylation is 1. The summed E-state index contributed by atoms with van der Waals surface area (Å²) in [5.41, 5.74) is -0.460. The lowest BCUT2D eigenvalue weighted by molar-refractivity contribution is 0.134. The topological polar surface area (TPSA) is 76.8 Å². The minimum atomic E-state index is -3.53. The molecule has 0 atom stereocenters. The second-order valence-electron chi connectivity index (χ2n) is 5.90. The smallest absolute Gasteiger partial charge is 0.339 e. The molecule has 3 rings (SSSR count). The lowest BCUT2D eigenvalue weighted by atomic mass is 10.1. The fourth-order valence-electron chi connectivity index (χ4n) is 2.78. The quantitative estimate of drug-likeness (QED) is 0.811. The summed E-state index contributed by atoms with van der Waals surface area (Å²) in [7, 11) is -3.53. The van der Waals surface area contributed by atoms with Gasteiger partial charge in [-0.15, -0.1) is 0 Å². The van der Waals surface area contributed by atoms with Crippen molar-refractivity contribution in [3.05, 3.63) is 57.6 Å². The zero-order valence-electron chi connectivity index (χ0n) is 13.6. The molecule has 1 aromatic heterocycles. The van der Waals surface area contributed by atoms with E-state index in [0.29, 0.717) is 42.5 Å². The van der Waals surface area contributed by atoms with Crippen LogP contribution in [0.5, 0.6) is 5.75 Å². The normalized spacial score (nSPS) is 16.7. The first-order chi connectivity index (χ1) is 11.8. The summed E-state index contributed by atoms with van der Waals surface area (Å²) >= 11 is 5.81. The van der Waals surface area contributed by atoms with Gasteiger partial charge >= 0.3 is 5.63 Å². The number of piperidine rings is 1. The van der Waals surface area contributed by atoms with Crippen molar-refractivity contribution in [1.29, 1.82) is 0 Å². The first-order valence-corrected chi connectivity index (χ1v) is 9.70. The average molecular weight is 384 g/mol. The van der Waals surface area contributed by atoms with Crippen LogP contribution in [0.3, 0.4) is 0 Å². The van der Waals surface area contributed by atoms with Crippen molar-refractivity contribution in [3.8, 4) is 5.75 Å². The highest BCUT2D eigenvalue weighted by molar-refractivity contribution is 7.89. The molecule has 0 amide bonds. The van der Waals surface area contributed by atoms with Gasteiger partial charge in [-0.25, -0.2) is 13.2 Å². The maximum atomic E-state index is 12.6. The molecule has 0 spiro atoms. The molecule has 2 aromatic rings. The van der Waals surface area contributed by atoms with E-state index in [1.165, 1.54) is 22.5 Å². The molecule has 134 valence electrons. The Morgan fingerprint density at radius 1 is 1.16 bits per heavy atom. The number of sulfonamides is 1. The fraction of sp³-hybridized carbons (Fsp3) is 0.353. The van der Waals surface area contributed by atoms with Crippen LogP contribution in [-0.4, -0.2) is 31.9 Å². The fourth-order valence-corrected chi connectivity index (χ4v) is 4.38. The van der Waals surface area contributed by atoms with Crippen molar-refractivity contribution in [2.24, 2.45) is 0 Å². The first-order valence-electron chi connectivity index (χ1n) is 7.89. The molecule has 6 nitrogen and oxygen atoms in total. The van der Waals surface area contributed by atoms with E-state index in [0.717, 1.165) is 0 Å². The Morgan fingerprint density at radius 3 is 2.40 bits per heavy atom. The Kier molecular flexibility index (Phi) is 5.17. The van der Waals surface area contributed by atoms with E-state index in [1.54, 1.807) is 25.1 Å². The number of benzene rings is 1. The number of hydrogen-bond donors (Lipinski definition) is 0. The molecule has 1 aliphatic rings. The summed E-state index contributed by atoms with van der Waals surface area (Å²) in [4.78, 5) is 11.6. The Hall–Kier alpha value is -1.83. The highest BCUT2D eigenvalue weighted by Gasteiger charge is 2.30. The van der Waals surface area contributed by atoms with Gasteiger partial charge in [-0.05, 0) is 44.0 Å². The number of ether oxygens (including phenoxy) is 1. The zero-order chi connectivity index (χ0) is 18.0. The molecule has 1 aliphatic heterocycles. The van der Waals surface area contributed by atoms with Crippen molar-refractivity contribution in [2.75, 3.05) is 13.1 Å². The van der Waals surface area contributed by atoms with Gasteiger partial charge in [0.15, 0.2) is 0 Å². The molecular formula is C17H18ClNO5S. The van der Waals surface area contributed by atoms with Crippen LogP contribution in [-0.2, 0) is 10.0 Å². The lowest BCUT2D eigenvalue weighted by Crippen LogP contribution is -2.41. The Labute approximate surface area is 151 Å². The van der Waals surface area contributed by atoms with Crippen molar-refractivity contribution in [1.82, 2.24) is 4.31 Å². The molecule has 1 fully saturated rings. The van der Waals surface area contributed by atoms with E-state index < -0.39 is 15.6 Å². The minimum absolute atomic E-state index is 0.141. The molecule has 0 aliphatic carbocycles. The lowest BCUT2D eigenvalue weighted by Gasteiger charge is -2.31. The second kappa shape index (κ2) is 7.19. The summed E-state index contributed by atoms with van der Waals surface area (Å²) in [5.74, 6) is 0.929. The van der Waals surface area contributed by atoms with Crippen LogP contribution in [0.1, 0.15) is 18.6 Å². The summed E-state index contributed by atoms with van der Waals surface area (Å²) in [6.45, 7) is 2.39. The zero-order valence-corrected chi connectivity index (χ0v) is 15.2. The molecule has 1 saturated heterocycles. The van der Waals surface area contributed by atoms with Gasteiger partial charge in [-0.2, -0.15) is 4.31 Å². The van der Waals surface area contributed by atoms with Gasteiger partial charge in [0.25, 0.3) is 0 Å². The van der Waals surface area contributed by atoms with Gasteiger partial charge in [-0.1, -0.05) is 11.6 Å². The molecule has 2 heterocycles. The first kappa shape index (κ1) is 18.0. The van der Waals surface area contributed by atoms with Crippen LogP contribution in [0.4, 0.5) is 0 Å². The Morgan fingerprint density at radius 2 is 1.80 bits per heavy atom. The number of hydrogen-bond acceptors (Lipinski definition) is 5. The van der Waals surface area contributed by atoms with Crippen molar-refractivity contribution in [2.45, 2.75) is 30.8 Å². The third-order valence-electron chi connectivity index (χ3n) is 4.02. The van der Waals surface area contributed by atoms with E-state index in [1.807, 2.05) is 0 Å². The van der Waals surface area contributed by atoms with E-state index in [9.17, 15) is 13.2 Å². The van der Waals surface area contributed by atoms with E-state index in [4.69, 9.17) is 20.8 Å². The maximum absolute atomic E-state index is 12.6. The molecule has 8 heteroatoms. The van der Waals surface area contributed by atoms with Crippen LogP contribution in [0.25, 0.3) is 0 Å². The molecule has 0 saturated carbocycles. The SMILES string of the molecule is Cc1cc(OC2CCN(S(=O)(=O)c3ccc(Cl)cc3)CC2)cc(=O)o1. The van der Waals surface area contributed by atoms with Gasteiger partial charge < -0.3 is 9.15 Å². The standard InChI is InChI=1S/C17H18ClNO5S/c1-12-10-15(11-17(20)23-12)24-14-6-8-19(9-7-14)25(21,22)16-4-2-13(18)3-5-16/h2-5,10-11,14H,6-9H2,1H3. The molecule has 0 unspecified atom stereocenters. The molecular weight excluding hydrogens is 366 g/mol. The number of nitrogens with zero attached hydrogens (tertiary/aromatic N) is 1. The van der Waals surface area contributed by atoms with Crippen LogP contribution >= 0.6 is 11.6 Å². The number of rotatable bonds is 4. The largest absolute Gasteiger partial charge is 0.490 e. The van der Waals surface area contributed by atoms with Crippen molar-refractivity contribution in [3.63, 3.8) is 0 Å². The predicted octanol–water partition coefficient (Wildman–Crippen LogP) is 2.83. The van der Waals surface area contributed by atoms with Crippen molar-refractivity contribution >= 4 is 21.6 Å². The average Bonchev–Trinajstić information content (AvgIpc) is 2.55. The molecule has 25 heavy (non-hydrogen) atoms. The third kappa shape index (κ3) is 4.23. The van der Waals surface area contributed by atoms with Crippen LogP contribution in [0, 0.1) is 6.92 Å². The molecule has 0 radical (unpaired) electrons. The number of halogens is 1. The molecule has 0 N–H and O–H groups in total. The van der Waals surface area contributed by atoms with E-state index in [-0.39, 0.29) is 11.0 Å². The van der Waals surface area contributed by atoms with Gasteiger partial charge in [0.05, 0.1) is 11.0 Å². The second-order valence-corrected chi connectivity index (χ2v) is 8.27. The summed E-state index contributed by atoms with van der Waals surface area (Å²) in [6.07, 6.45) is 0.955. The van der Waals surface area contributed by atoms with Crippen LogP contribution < -0.4 is 10.4 Å². The Bertz CT molecular complexity index is 899. The van der Waals surface area contributed by atoms with Gasteiger partial charge in [0.1, 0.15) is 17.6 Å². The van der Waals surface area contributed by atoms with Gasteiger partial charge in [-0.3, -0.25) is 0 Å². The highest BCUT2D eigenvalue weighted by atomic mass is 35.5. The summed E-state index contributed by atoms with van der Waals surface area (Å²) in [5, 5.41) is 0.494. The van der Waals surface area contributed by atoms with Crippen molar-refractivity contribution < 1.29 is 17.6 Å². The highest BCUT2D eigenvalue weighted by Crippen LogP contribution is 2.24. The van der Waals surface area contributed by atoms with E-state index in [2.05, 4.69) is 0 Å². The monoisotopic (exact) mass is 383 g/mol. The summed E-state index contributed by atoms with van der Waals surface area (Å²) in [6, 6.07) is 9.09. The Balaban J connectivity index is 1.65. The van der Waals surface area contributed by atoms with Crippen LogP contribution in [0.2, 0.25) is 5.02 Å². The van der Waals surface area contributed by atoms with E-state index >= 15 is 0 Å². The maximum Gasteiger partial charge on any atom is 0.339 e. The van der Waals surface area contributed by atoms with Gasteiger partial charge in [0.2, 0.25) is 10.0 Å². The predicted molar refractivity (Wildman–Crippen MR) is 93.6 cm³/mol. The molecule has 0 bridgehead atoms. The van der Waals surface area contributed by atoms with Gasteiger partial charge in [0, 0.05) is 24.2 Å². The summed E-state index contributed by atoms with van der Waals surface area (Å²) < 4.78 is 37.4. The minimum Gasteiger partial charge on any atom is -0.490 e. The third-order valence-corrected chi connectivity index (χ3v) is 6.19.